The van der Waals surface area contributed by atoms with Gasteiger partial charge in [-0.1, -0.05) is 0 Å². The largest absolute Gasteiger partial charge is 0.457 e. The lowest BCUT2D eigenvalue weighted by Crippen LogP contribution is -2.46. The van der Waals surface area contributed by atoms with E-state index in [9.17, 15) is 9.59 Å². The van der Waals surface area contributed by atoms with Gasteiger partial charge in [-0.15, -0.1) is 0 Å². The van der Waals surface area contributed by atoms with E-state index < -0.39 is 11.4 Å². The van der Waals surface area contributed by atoms with Crippen molar-refractivity contribution in [1.29, 1.82) is 0 Å². The Balaban J connectivity index is 2.71. The van der Waals surface area contributed by atoms with E-state index in [1.54, 1.807) is 19.9 Å². The van der Waals surface area contributed by atoms with Gasteiger partial charge in [0, 0.05) is 12.0 Å². The van der Waals surface area contributed by atoms with Gasteiger partial charge in [-0.25, -0.2) is 0 Å². The summed E-state index contributed by atoms with van der Waals surface area (Å²) in [6.07, 6.45) is 1.48. The molecule has 0 aliphatic rings. The van der Waals surface area contributed by atoms with E-state index in [0.29, 0.717) is 10.2 Å². The summed E-state index contributed by atoms with van der Waals surface area (Å²) in [7, 11) is 0. The highest BCUT2D eigenvalue weighted by atomic mass is 79.9. The fourth-order valence-electron chi connectivity index (χ4n) is 1.31. The molecule has 0 bridgehead atoms. The quantitative estimate of drug-likeness (QED) is 0.879. The van der Waals surface area contributed by atoms with Crippen molar-refractivity contribution in [2.75, 3.05) is 0 Å². The smallest absolute Gasteiger partial charge is 0.256 e. The fourth-order valence-corrected chi connectivity index (χ4v) is 1.73. The van der Waals surface area contributed by atoms with Crippen LogP contribution < -0.4 is 11.1 Å². The number of amides is 2. The molecular formula is C10H13BrN2O3. The van der Waals surface area contributed by atoms with Crippen LogP contribution in [0.3, 0.4) is 0 Å². The van der Waals surface area contributed by atoms with Crippen LogP contribution in [0.2, 0.25) is 0 Å². The topological polar surface area (TPSA) is 85.3 Å². The first-order valence-electron chi connectivity index (χ1n) is 4.65. The van der Waals surface area contributed by atoms with Crippen LogP contribution in [-0.4, -0.2) is 17.4 Å². The number of nitrogens with two attached hydrogens (primary N) is 1. The lowest BCUT2D eigenvalue weighted by molar-refractivity contribution is -0.119. The molecule has 0 saturated carbocycles. The van der Waals surface area contributed by atoms with Crippen LogP contribution in [0, 0.1) is 0 Å². The number of carbonyl (C=O) groups is 2. The molecule has 0 aromatic carbocycles. The molecular weight excluding hydrogens is 276 g/mol. The first-order valence-corrected chi connectivity index (χ1v) is 5.45. The van der Waals surface area contributed by atoms with Gasteiger partial charge in [-0.3, -0.25) is 9.59 Å². The minimum Gasteiger partial charge on any atom is -0.457 e. The van der Waals surface area contributed by atoms with Gasteiger partial charge in [0.15, 0.2) is 4.67 Å². The van der Waals surface area contributed by atoms with Gasteiger partial charge in [0.25, 0.3) is 5.91 Å². The standard InChI is InChI=1S/C10H13BrN2O3/c1-10(2,5-7(12)14)13-9(15)6-3-4-16-8(6)11/h3-4H,5H2,1-2H3,(H2,12,14)(H,13,15). The van der Waals surface area contributed by atoms with Gasteiger partial charge < -0.3 is 15.5 Å². The molecule has 0 unspecified atom stereocenters. The highest BCUT2D eigenvalue weighted by molar-refractivity contribution is 9.10. The molecule has 1 heterocycles. The lowest BCUT2D eigenvalue weighted by Gasteiger charge is -2.24. The highest BCUT2D eigenvalue weighted by Crippen LogP contribution is 2.18. The van der Waals surface area contributed by atoms with Crippen LogP contribution in [0.25, 0.3) is 0 Å². The van der Waals surface area contributed by atoms with Crippen molar-refractivity contribution in [3.63, 3.8) is 0 Å². The number of nitrogens with one attached hydrogen (secondary N) is 1. The summed E-state index contributed by atoms with van der Waals surface area (Å²) in [4.78, 5) is 22.6. The van der Waals surface area contributed by atoms with E-state index in [2.05, 4.69) is 21.2 Å². The van der Waals surface area contributed by atoms with Crippen molar-refractivity contribution >= 4 is 27.7 Å². The zero-order valence-corrected chi connectivity index (χ0v) is 10.6. The minimum absolute atomic E-state index is 0.0776. The van der Waals surface area contributed by atoms with Crippen molar-refractivity contribution in [1.82, 2.24) is 5.32 Å². The summed E-state index contributed by atoms with van der Waals surface area (Å²) in [6, 6.07) is 1.54. The molecule has 0 fully saturated rings. The Hall–Kier alpha value is -1.30. The average Bonchev–Trinajstić information content (AvgIpc) is 2.47. The van der Waals surface area contributed by atoms with Crippen LogP contribution in [0.5, 0.6) is 0 Å². The van der Waals surface area contributed by atoms with Gasteiger partial charge in [-0.2, -0.15) is 0 Å². The molecule has 3 N–H and O–H groups in total. The molecule has 0 aliphatic carbocycles. The normalized spacial score (nSPS) is 11.2. The van der Waals surface area contributed by atoms with Crippen molar-refractivity contribution in [2.24, 2.45) is 5.73 Å². The lowest BCUT2D eigenvalue weighted by atomic mass is 10.00. The summed E-state index contributed by atoms with van der Waals surface area (Å²) >= 11 is 3.11. The Labute approximate surface area is 101 Å². The summed E-state index contributed by atoms with van der Waals surface area (Å²) in [5, 5.41) is 2.70. The Morgan fingerprint density at radius 3 is 2.62 bits per heavy atom. The van der Waals surface area contributed by atoms with Gasteiger partial charge in [0.1, 0.15) is 0 Å². The molecule has 0 saturated heterocycles. The molecule has 1 aromatic heterocycles. The monoisotopic (exact) mass is 288 g/mol. The van der Waals surface area contributed by atoms with Crippen LogP contribution >= 0.6 is 15.9 Å². The number of rotatable bonds is 4. The van der Waals surface area contributed by atoms with Gasteiger partial charge in [0.05, 0.1) is 11.8 Å². The van der Waals surface area contributed by atoms with Gasteiger partial charge in [-0.05, 0) is 35.8 Å². The van der Waals surface area contributed by atoms with Gasteiger partial charge in [0.2, 0.25) is 5.91 Å². The molecule has 1 rings (SSSR count). The van der Waals surface area contributed by atoms with Crippen LogP contribution in [0.1, 0.15) is 30.6 Å². The third-order valence-electron chi connectivity index (χ3n) is 1.93. The van der Waals surface area contributed by atoms with Crippen LogP contribution in [-0.2, 0) is 4.79 Å². The first-order chi connectivity index (χ1) is 7.32. The molecule has 0 atom stereocenters. The number of halogens is 1. The van der Waals surface area contributed by atoms with E-state index in [0.717, 1.165) is 0 Å². The number of furan rings is 1. The number of hydrogen-bond acceptors (Lipinski definition) is 3. The van der Waals surface area contributed by atoms with E-state index in [4.69, 9.17) is 10.2 Å². The molecule has 88 valence electrons. The predicted octanol–water partition coefficient (Wildman–Crippen LogP) is 1.43. The first kappa shape index (κ1) is 12.8. The zero-order chi connectivity index (χ0) is 12.3. The molecule has 2 amide bonds. The van der Waals surface area contributed by atoms with Crippen LogP contribution in [0.15, 0.2) is 21.4 Å². The maximum atomic E-state index is 11.8. The number of hydrogen-bond donors (Lipinski definition) is 2. The third-order valence-corrected chi connectivity index (χ3v) is 2.54. The summed E-state index contributed by atoms with van der Waals surface area (Å²) in [5.41, 5.74) is 4.79. The van der Waals surface area contributed by atoms with Crippen molar-refractivity contribution in [3.8, 4) is 0 Å². The molecule has 5 nitrogen and oxygen atoms in total. The number of primary amides is 1. The predicted molar refractivity (Wildman–Crippen MR) is 61.8 cm³/mol. The van der Waals surface area contributed by atoms with Crippen LogP contribution in [0.4, 0.5) is 0 Å². The molecule has 6 heteroatoms. The Kier molecular flexibility index (Phi) is 3.74. The second-order valence-corrected chi connectivity index (χ2v) is 4.81. The highest BCUT2D eigenvalue weighted by Gasteiger charge is 2.25. The molecule has 16 heavy (non-hydrogen) atoms. The summed E-state index contributed by atoms with van der Waals surface area (Å²) < 4.78 is 5.31. The van der Waals surface area contributed by atoms with E-state index in [1.165, 1.54) is 6.26 Å². The maximum absolute atomic E-state index is 11.8. The van der Waals surface area contributed by atoms with Crippen molar-refractivity contribution < 1.29 is 14.0 Å². The van der Waals surface area contributed by atoms with E-state index >= 15 is 0 Å². The zero-order valence-electron chi connectivity index (χ0n) is 9.04. The maximum Gasteiger partial charge on any atom is 0.256 e. The van der Waals surface area contributed by atoms with Gasteiger partial charge >= 0.3 is 0 Å². The minimum atomic E-state index is -0.681. The van der Waals surface area contributed by atoms with E-state index in [-0.39, 0.29) is 12.3 Å². The van der Waals surface area contributed by atoms with Crippen molar-refractivity contribution in [3.05, 3.63) is 22.6 Å². The Bertz CT molecular complexity index is 412. The van der Waals surface area contributed by atoms with E-state index in [1.807, 2.05) is 0 Å². The fraction of sp³-hybridized carbons (Fsp3) is 0.400. The number of carbonyl (C=O) groups excluding carboxylic acids is 2. The molecule has 0 aliphatic heterocycles. The molecule has 1 aromatic rings. The summed E-state index contributed by atoms with van der Waals surface area (Å²) in [6.45, 7) is 3.45. The SMILES string of the molecule is CC(C)(CC(N)=O)NC(=O)c1ccoc1Br. The van der Waals surface area contributed by atoms with Crippen molar-refractivity contribution in [2.45, 2.75) is 25.8 Å². The Morgan fingerprint density at radius 2 is 2.19 bits per heavy atom. The molecule has 0 radical (unpaired) electrons. The second-order valence-electron chi connectivity index (χ2n) is 4.09. The molecule has 0 spiro atoms. The third kappa shape index (κ3) is 3.37. The summed E-state index contributed by atoms with van der Waals surface area (Å²) in [5.74, 6) is -0.775. The second kappa shape index (κ2) is 4.69. The average molecular weight is 289 g/mol. The Morgan fingerprint density at radius 1 is 1.56 bits per heavy atom.